The topological polar surface area (TPSA) is 67.2 Å². The standard InChI is InChI=1S/C16H22N4O2S/c1-13-3-5-14(6-4-13)10-19-11-15-7-8-17-20(15)16(12-19)9-18-23(2,21)22/h3-8,16,18H,9-12H2,1-2H3. The van der Waals surface area contributed by atoms with E-state index in [4.69, 9.17) is 0 Å². The normalized spacial score (nSPS) is 18.8. The summed E-state index contributed by atoms with van der Waals surface area (Å²) >= 11 is 0. The van der Waals surface area contributed by atoms with E-state index in [0.29, 0.717) is 6.54 Å². The summed E-state index contributed by atoms with van der Waals surface area (Å²) in [6.07, 6.45) is 2.96. The molecule has 2 aromatic rings. The van der Waals surface area contributed by atoms with E-state index in [9.17, 15) is 8.42 Å². The van der Waals surface area contributed by atoms with Gasteiger partial charge in [0, 0.05) is 32.4 Å². The molecule has 1 aromatic carbocycles. The predicted octanol–water partition coefficient (Wildman–Crippen LogP) is 1.30. The van der Waals surface area contributed by atoms with E-state index in [1.165, 1.54) is 17.4 Å². The van der Waals surface area contributed by atoms with Crippen LogP contribution in [0.3, 0.4) is 0 Å². The van der Waals surface area contributed by atoms with Crippen LogP contribution >= 0.6 is 0 Å². The van der Waals surface area contributed by atoms with Gasteiger partial charge in [-0.1, -0.05) is 29.8 Å². The average Bonchev–Trinajstić information content (AvgIpc) is 2.95. The number of hydrogen-bond acceptors (Lipinski definition) is 4. The first kappa shape index (κ1) is 16.2. The molecule has 2 heterocycles. The Morgan fingerprint density at radius 3 is 2.70 bits per heavy atom. The van der Waals surface area contributed by atoms with E-state index in [0.717, 1.165) is 25.3 Å². The van der Waals surface area contributed by atoms with Crippen LogP contribution in [0.25, 0.3) is 0 Å². The van der Waals surface area contributed by atoms with Gasteiger partial charge in [0.1, 0.15) is 0 Å². The third-order valence-corrected chi connectivity index (χ3v) is 4.75. The van der Waals surface area contributed by atoms with Crippen LogP contribution in [0.2, 0.25) is 0 Å². The fourth-order valence-corrected chi connectivity index (χ4v) is 3.43. The molecule has 0 saturated heterocycles. The average molecular weight is 334 g/mol. The third kappa shape index (κ3) is 4.19. The molecule has 1 aliphatic rings. The van der Waals surface area contributed by atoms with Gasteiger partial charge in [-0.05, 0) is 18.6 Å². The van der Waals surface area contributed by atoms with Crippen molar-refractivity contribution in [1.29, 1.82) is 0 Å². The van der Waals surface area contributed by atoms with E-state index in [1.807, 2.05) is 10.7 Å². The maximum absolute atomic E-state index is 11.4. The summed E-state index contributed by atoms with van der Waals surface area (Å²) in [5, 5.41) is 4.35. The zero-order chi connectivity index (χ0) is 16.4. The molecule has 0 aliphatic carbocycles. The molecule has 0 fully saturated rings. The van der Waals surface area contributed by atoms with Crippen molar-refractivity contribution < 1.29 is 8.42 Å². The number of aromatic nitrogens is 2. The Hall–Kier alpha value is -1.70. The molecular weight excluding hydrogens is 312 g/mol. The Labute approximate surface area is 137 Å². The summed E-state index contributed by atoms with van der Waals surface area (Å²) in [6, 6.07) is 10.5. The quantitative estimate of drug-likeness (QED) is 0.895. The first-order valence-corrected chi connectivity index (χ1v) is 9.55. The lowest BCUT2D eigenvalue weighted by atomic mass is 10.1. The molecule has 0 bridgehead atoms. The Balaban J connectivity index is 1.73. The van der Waals surface area contributed by atoms with Crippen molar-refractivity contribution in [2.45, 2.75) is 26.1 Å². The molecule has 7 heteroatoms. The van der Waals surface area contributed by atoms with E-state index >= 15 is 0 Å². The minimum atomic E-state index is -3.20. The fraction of sp³-hybridized carbons (Fsp3) is 0.438. The molecule has 1 atom stereocenters. The molecule has 0 amide bonds. The van der Waals surface area contributed by atoms with Crippen LogP contribution in [0.4, 0.5) is 0 Å². The van der Waals surface area contributed by atoms with Gasteiger partial charge in [0.05, 0.1) is 18.0 Å². The van der Waals surface area contributed by atoms with E-state index in [2.05, 4.69) is 45.9 Å². The van der Waals surface area contributed by atoms with Gasteiger partial charge in [-0.15, -0.1) is 0 Å². The molecule has 3 rings (SSSR count). The second kappa shape index (κ2) is 6.43. The predicted molar refractivity (Wildman–Crippen MR) is 89.4 cm³/mol. The SMILES string of the molecule is Cc1ccc(CN2Cc3ccnn3C(CNS(C)(=O)=O)C2)cc1. The Morgan fingerprint density at radius 2 is 2.00 bits per heavy atom. The smallest absolute Gasteiger partial charge is 0.208 e. The lowest BCUT2D eigenvalue weighted by Gasteiger charge is -2.34. The van der Waals surface area contributed by atoms with Gasteiger partial charge in [0.15, 0.2) is 0 Å². The molecular formula is C16H22N4O2S. The maximum atomic E-state index is 11.4. The molecule has 1 unspecified atom stereocenters. The zero-order valence-corrected chi connectivity index (χ0v) is 14.3. The number of nitrogens with zero attached hydrogens (tertiary/aromatic N) is 3. The van der Waals surface area contributed by atoms with Crippen LogP contribution in [0, 0.1) is 6.92 Å². The van der Waals surface area contributed by atoms with Crippen molar-refractivity contribution >= 4 is 10.0 Å². The number of fused-ring (bicyclic) bond motifs is 1. The summed E-state index contributed by atoms with van der Waals surface area (Å²) in [6.45, 7) is 4.88. The van der Waals surface area contributed by atoms with Crippen LogP contribution in [0.15, 0.2) is 36.5 Å². The summed E-state index contributed by atoms with van der Waals surface area (Å²) in [4.78, 5) is 2.33. The first-order valence-electron chi connectivity index (χ1n) is 7.65. The molecule has 23 heavy (non-hydrogen) atoms. The Kier molecular flexibility index (Phi) is 4.52. The maximum Gasteiger partial charge on any atom is 0.208 e. The van der Waals surface area contributed by atoms with Gasteiger partial charge < -0.3 is 0 Å². The molecule has 0 spiro atoms. The molecule has 1 N–H and O–H groups in total. The fourth-order valence-electron chi connectivity index (χ4n) is 2.94. The second-order valence-corrected chi connectivity index (χ2v) is 8.03. The highest BCUT2D eigenvalue weighted by Crippen LogP contribution is 2.21. The highest BCUT2D eigenvalue weighted by atomic mass is 32.2. The summed E-state index contributed by atoms with van der Waals surface area (Å²) in [5.41, 5.74) is 3.63. The molecule has 0 saturated carbocycles. The van der Waals surface area contributed by atoms with Crippen LogP contribution in [0.5, 0.6) is 0 Å². The monoisotopic (exact) mass is 334 g/mol. The highest BCUT2D eigenvalue weighted by molar-refractivity contribution is 7.88. The number of sulfonamides is 1. The third-order valence-electron chi connectivity index (χ3n) is 4.06. The molecule has 1 aromatic heterocycles. The number of aryl methyl sites for hydroxylation is 1. The molecule has 1 aliphatic heterocycles. The van der Waals surface area contributed by atoms with Gasteiger partial charge in [0.25, 0.3) is 0 Å². The lowest BCUT2D eigenvalue weighted by molar-refractivity contribution is 0.168. The minimum Gasteiger partial charge on any atom is -0.291 e. The van der Waals surface area contributed by atoms with Crippen molar-refractivity contribution in [3.05, 3.63) is 53.3 Å². The lowest BCUT2D eigenvalue weighted by Crippen LogP contribution is -2.42. The van der Waals surface area contributed by atoms with Gasteiger partial charge in [-0.2, -0.15) is 5.10 Å². The van der Waals surface area contributed by atoms with Gasteiger partial charge in [-0.3, -0.25) is 9.58 Å². The number of nitrogens with one attached hydrogen (secondary N) is 1. The molecule has 6 nitrogen and oxygen atoms in total. The Morgan fingerprint density at radius 1 is 1.26 bits per heavy atom. The minimum absolute atomic E-state index is 0.00826. The van der Waals surface area contributed by atoms with E-state index in [-0.39, 0.29) is 6.04 Å². The van der Waals surface area contributed by atoms with Gasteiger partial charge in [0.2, 0.25) is 10.0 Å². The van der Waals surface area contributed by atoms with E-state index in [1.54, 1.807) is 6.20 Å². The van der Waals surface area contributed by atoms with Gasteiger partial charge >= 0.3 is 0 Å². The largest absolute Gasteiger partial charge is 0.291 e. The van der Waals surface area contributed by atoms with Gasteiger partial charge in [-0.25, -0.2) is 13.1 Å². The van der Waals surface area contributed by atoms with Crippen LogP contribution < -0.4 is 4.72 Å². The Bertz CT molecular complexity index is 768. The summed E-state index contributed by atoms with van der Waals surface area (Å²) < 4.78 is 27.3. The van der Waals surface area contributed by atoms with Crippen LogP contribution in [-0.4, -0.2) is 42.4 Å². The van der Waals surface area contributed by atoms with Crippen molar-refractivity contribution in [3.63, 3.8) is 0 Å². The van der Waals surface area contributed by atoms with Crippen molar-refractivity contribution in [3.8, 4) is 0 Å². The summed E-state index contributed by atoms with van der Waals surface area (Å²) in [7, 11) is -3.20. The zero-order valence-electron chi connectivity index (χ0n) is 13.4. The molecule has 124 valence electrons. The van der Waals surface area contributed by atoms with Crippen LogP contribution in [-0.2, 0) is 23.1 Å². The van der Waals surface area contributed by atoms with E-state index < -0.39 is 10.0 Å². The number of hydrogen-bond donors (Lipinski definition) is 1. The van der Waals surface area contributed by atoms with Crippen molar-refractivity contribution in [2.75, 3.05) is 19.3 Å². The number of rotatable bonds is 5. The summed E-state index contributed by atoms with van der Waals surface area (Å²) in [5.74, 6) is 0. The van der Waals surface area contributed by atoms with Crippen LogP contribution in [0.1, 0.15) is 22.9 Å². The highest BCUT2D eigenvalue weighted by Gasteiger charge is 2.26. The molecule has 0 radical (unpaired) electrons. The number of benzene rings is 1. The second-order valence-electron chi connectivity index (χ2n) is 6.20. The van der Waals surface area contributed by atoms with Crippen molar-refractivity contribution in [2.24, 2.45) is 0 Å². The van der Waals surface area contributed by atoms with Crippen molar-refractivity contribution in [1.82, 2.24) is 19.4 Å². The first-order chi connectivity index (χ1) is 10.9.